The molecule has 10 rings (SSSR count). The van der Waals surface area contributed by atoms with Gasteiger partial charge in [-0.1, -0.05) is 146 Å². The number of nitrogens with zero attached hydrogens (tertiary/aromatic N) is 2. The molecule has 0 saturated carbocycles. The van der Waals surface area contributed by atoms with Gasteiger partial charge in [0, 0.05) is 36.9 Å². The molecule has 10 aromatic rings. The zero-order valence-corrected chi connectivity index (χ0v) is 27.3. The fourth-order valence-electron chi connectivity index (χ4n) is 7.45. The van der Waals surface area contributed by atoms with Crippen molar-refractivity contribution in [2.45, 2.75) is 0 Å². The molecule has 0 fully saturated rings. The first-order valence-electron chi connectivity index (χ1n) is 16.6. The van der Waals surface area contributed by atoms with Crippen LogP contribution in [0, 0.1) is 0 Å². The number of fused-ring (bicyclic) bond motifs is 9. The molecule has 49 heavy (non-hydrogen) atoms. The number of hydrogen-bond acceptors (Lipinski definition) is 3. The van der Waals surface area contributed by atoms with Gasteiger partial charge in [0.1, 0.15) is 0 Å². The highest BCUT2D eigenvalue weighted by Crippen LogP contribution is 2.46. The largest absolute Gasteiger partial charge is 0.228 e. The van der Waals surface area contributed by atoms with Crippen LogP contribution in [0.25, 0.3) is 97.5 Å². The summed E-state index contributed by atoms with van der Waals surface area (Å²) in [5.74, 6) is 0.718. The average molecular weight is 641 g/mol. The Morgan fingerprint density at radius 2 is 0.898 bits per heavy atom. The predicted octanol–water partition coefficient (Wildman–Crippen LogP) is 13.0. The van der Waals surface area contributed by atoms with E-state index in [1.54, 1.807) is 0 Å². The minimum atomic E-state index is 0.718. The molecule has 0 bridgehead atoms. The van der Waals surface area contributed by atoms with Crippen LogP contribution in [0.1, 0.15) is 0 Å². The summed E-state index contributed by atoms with van der Waals surface area (Å²) in [4.78, 5) is 10.5. The summed E-state index contributed by atoms with van der Waals surface area (Å²) in [6.07, 6.45) is 0. The molecular weight excluding hydrogens is 613 g/mol. The van der Waals surface area contributed by atoms with E-state index in [4.69, 9.17) is 9.97 Å². The van der Waals surface area contributed by atoms with Crippen LogP contribution < -0.4 is 0 Å². The summed E-state index contributed by atoms with van der Waals surface area (Å²) in [7, 11) is 0. The third-order valence-electron chi connectivity index (χ3n) is 9.68. The first-order chi connectivity index (χ1) is 24.3. The van der Waals surface area contributed by atoms with Crippen molar-refractivity contribution >= 4 is 63.8 Å². The van der Waals surface area contributed by atoms with Crippen molar-refractivity contribution < 1.29 is 0 Å². The van der Waals surface area contributed by atoms with Gasteiger partial charge in [0.05, 0.1) is 11.4 Å². The van der Waals surface area contributed by atoms with E-state index in [0.29, 0.717) is 0 Å². The summed E-state index contributed by atoms with van der Waals surface area (Å²) >= 11 is 1.84. The molecule has 0 radical (unpaired) electrons. The SMILES string of the molecule is c1ccc(-c2cc(-c3c(-c4ccc5c6ccccc6c6ccccc6c5c4)ccc4sc5ccccc5c34)nc(-c3ccccc3)n2)cc1. The monoisotopic (exact) mass is 640 g/mol. The minimum Gasteiger partial charge on any atom is -0.228 e. The number of rotatable bonds is 4. The molecule has 0 aliphatic heterocycles. The fourth-order valence-corrected chi connectivity index (χ4v) is 8.56. The molecule has 0 atom stereocenters. The van der Waals surface area contributed by atoms with Gasteiger partial charge in [-0.05, 0) is 67.7 Å². The van der Waals surface area contributed by atoms with Crippen LogP contribution in [0.2, 0.25) is 0 Å². The Balaban J connectivity index is 1.32. The Morgan fingerprint density at radius 3 is 1.59 bits per heavy atom. The lowest BCUT2D eigenvalue weighted by atomic mass is 9.89. The van der Waals surface area contributed by atoms with E-state index in [1.165, 1.54) is 58.1 Å². The Labute approximate surface area is 287 Å². The van der Waals surface area contributed by atoms with Crippen molar-refractivity contribution in [3.8, 4) is 45.0 Å². The molecule has 0 aliphatic rings. The highest BCUT2D eigenvalue weighted by Gasteiger charge is 2.21. The summed E-state index contributed by atoms with van der Waals surface area (Å²) < 4.78 is 2.52. The lowest BCUT2D eigenvalue weighted by Crippen LogP contribution is -1.97. The van der Waals surface area contributed by atoms with E-state index in [-0.39, 0.29) is 0 Å². The second kappa shape index (κ2) is 11.2. The van der Waals surface area contributed by atoms with Gasteiger partial charge >= 0.3 is 0 Å². The highest BCUT2D eigenvalue weighted by atomic mass is 32.1. The molecule has 3 heteroatoms. The van der Waals surface area contributed by atoms with Crippen LogP contribution >= 0.6 is 11.3 Å². The van der Waals surface area contributed by atoms with Crippen LogP contribution in [-0.4, -0.2) is 9.97 Å². The second-order valence-corrected chi connectivity index (χ2v) is 13.6. The van der Waals surface area contributed by atoms with Gasteiger partial charge in [-0.2, -0.15) is 0 Å². The zero-order valence-electron chi connectivity index (χ0n) is 26.5. The molecule has 0 amide bonds. The number of benzene rings is 8. The average Bonchev–Trinajstić information content (AvgIpc) is 3.57. The van der Waals surface area contributed by atoms with Crippen molar-refractivity contribution in [3.63, 3.8) is 0 Å². The van der Waals surface area contributed by atoms with Crippen LogP contribution in [0.4, 0.5) is 0 Å². The molecule has 0 aliphatic carbocycles. The summed E-state index contributed by atoms with van der Waals surface area (Å²) in [5.41, 5.74) is 7.35. The Hall–Kier alpha value is -6.16. The maximum absolute atomic E-state index is 5.37. The van der Waals surface area contributed by atoms with Crippen molar-refractivity contribution in [1.82, 2.24) is 9.97 Å². The number of thiophene rings is 1. The van der Waals surface area contributed by atoms with Crippen LogP contribution in [0.15, 0.2) is 170 Å². The first kappa shape index (κ1) is 27.9. The minimum absolute atomic E-state index is 0.718. The molecule has 0 N–H and O–H groups in total. The summed E-state index contributed by atoms with van der Waals surface area (Å²) in [6.45, 7) is 0. The van der Waals surface area contributed by atoms with Gasteiger partial charge in [0.15, 0.2) is 5.82 Å². The first-order valence-corrected chi connectivity index (χ1v) is 17.4. The van der Waals surface area contributed by atoms with Gasteiger partial charge < -0.3 is 0 Å². The van der Waals surface area contributed by atoms with Gasteiger partial charge in [0.2, 0.25) is 0 Å². The molecule has 2 heterocycles. The third-order valence-corrected chi connectivity index (χ3v) is 10.8. The Morgan fingerprint density at radius 1 is 0.347 bits per heavy atom. The number of hydrogen-bond donors (Lipinski definition) is 0. The standard InChI is InChI=1S/C46H28N2S/c1-3-13-29(14-4-1)40-28-41(48-46(47-40)30-15-5-2-6-16-30)44-32(25-26-43-45(44)38-21-11-12-22-42(38)49-43)31-23-24-37-35-19-8-7-17-33(35)34-18-9-10-20-36(34)39(37)27-31/h1-28H. The van der Waals surface area contributed by atoms with E-state index in [2.05, 4.69) is 158 Å². The predicted molar refractivity (Wildman–Crippen MR) is 209 cm³/mol. The van der Waals surface area contributed by atoms with Crippen LogP contribution in [-0.2, 0) is 0 Å². The maximum Gasteiger partial charge on any atom is 0.160 e. The lowest BCUT2D eigenvalue weighted by molar-refractivity contribution is 1.19. The quantitative estimate of drug-likeness (QED) is 0.179. The van der Waals surface area contributed by atoms with Crippen LogP contribution in [0.3, 0.4) is 0 Å². The molecular formula is C46H28N2S. The van der Waals surface area contributed by atoms with Crippen molar-refractivity contribution in [3.05, 3.63) is 170 Å². The second-order valence-electron chi connectivity index (χ2n) is 12.5. The maximum atomic E-state index is 5.37. The van der Waals surface area contributed by atoms with Gasteiger partial charge in [-0.25, -0.2) is 9.97 Å². The molecule has 2 nitrogen and oxygen atoms in total. The van der Waals surface area contributed by atoms with Gasteiger partial charge in [-0.15, -0.1) is 11.3 Å². The summed E-state index contributed by atoms with van der Waals surface area (Å²) in [6, 6.07) is 60.8. The topological polar surface area (TPSA) is 25.8 Å². The third kappa shape index (κ3) is 4.55. The fraction of sp³-hybridized carbons (Fsp3) is 0. The zero-order chi connectivity index (χ0) is 32.3. The Kier molecular flexibility index (Phi) is 6.39. The molecule has 0 spiro atoms. The van der Waals surface area contributed by atoms with Gasteiger partial charge in [-0.3, -0.25) is 0 Å². The smallest absolute Gasteiger partial charge is 0.160 e. The Bertz CT molecular complexity index is 2780. The van der Waals surface area contributed by atoms with E-state index in [9.17, 15) is 0 Å². The van der Waals surface area contributed by atoms with Crippen molar-refractivity contribution in [2.75, 3.05) is 0 Å². The molecule has 228 valence electrons. The van der Waals surface area contributed by atoms with E-state index < -0.39 is 0 Å². The molecule has 0 unspecified atom stereocenters. The molecule has 8 aromatic carbocycles. The highest BCUT2D eigenvalue weighted by molar-refractivity contribution is 7.26. The van der Waals surface area contributed by atoms with Crippen molar-refractivity contribution in [2.24, 2.45) is 0 Å². The van der Waals surface area contributed by atoms with E-state index in [1.807, 2.05) is 23.5 Å². The van der Waals surface area contributed by atoms with Crippen LogP contribution in [0.5, 0.6) is 0 Å². The van der Waals surface area contributed by atoms with E-state index >= 15 is 0 Å². The molecule has 2 aromatic heterocycles. The lowest BCUT2D eigenvalue weighted by Gasteiger charge is -2.16. The van der Waals surface area contributed by atoms with Crippen molar-refractivity contribution in [1.29, 1.82) is 0 Å². The molecule has 0 saturated heterocycles. The van der Waals surface area contributed by atoms with E-state index in [0.717, 1.165) is 39.5 Å². The normalized spacial score (nSPS) is 11.7. The van der Waals surface area contributed by atoms with Gasteiger partial charge in [0.25, 0.3) is 0 Å². The number of aromatic nitrogens is 2. The summed E-state index contributed by atoms with van der Waals surface area (Å²) in [5, 5.41) is 10.1.